The number of phenolic OH excluding ortho intramolecular Hbond substituents is 1. The maximum absolute atomic E-state index is 13.7. The van der Waals surface area contributed by atoms with Gasteiger partial charge < -0.3 is 129 Å². The molecular weight excluding hydrogens is 1510 g/mol. The Kier molecular flexibility index (Phi) is 47.6. The lowest BCUT2D eigenvalue weighted by molar-refractivity contribution is -0.135. The number of hydrogen-bond acceptors (Lipinski definition) is 24. The van der Waals surface area contributed by atoms with Crippen molar-refractivity contribution >= 4 is 112 Å². The summed E-state index contributed by atoms with van der Waals surface area (Å²) < 4.78 is 0. The first-order chi connectivity index (χ1) is 54.0. The van der Waals surface area contributed by atoms with Crippen LogP contribution in [0.15, 0.2) is 24.3 Å². The highest BCUT2D eigenvalue weighted by molar-refractivity contribution is 6.01. The molecule has 1 aromatic carbocycles. The van der Waals surface area contributed by atoms with Gasteiger partial charge in [-0.15, -0.1) is 0 Å². The lowest BCUT2D eigenvalue weighted by Crippen LogP contribution is -2.59. The number of unbranched alkanes of at least 4 members (excludes halogenated alkanes) is 3. The number of benzene rings is 1. The van der Waals surface area contributed by atoms with Crippen LogP contribution < -0.4 is 124 Å². The number of nitrogens with one attached hydrogen (secondary N) is 19. The third-order valence-electron chi connectivity index (χ3n) is 17.4. The molecule has 0 spiro atoms. The van der Waals surface area contributed by atoms with Gasteiger partial charge in [0.05, 0.1) is 13.1 Å². The molecule has 0 aliphatic carbocycles. The summed E-state index contributed by atoms with van der Waals surface area (Å²) in [4.78, 5) is 249. The predicted octanol–water partition coefficient (Wildman–Crippen LogP) is -8.97. The molecule has 43 heteroatoms. The minimum absolute atomic E-state index is 0.00591. The van der Waals surface area contributed by atoms with Gasteiger partial charge in [-0.2, -0.15) is 0 Å². The van der Waals surface area contributed by atoms with Crippen molar-refractivity contribution < 1.29 is 96.2 Å². The van der Waals surface area contributed by atoms with Crippen LogP contribution >= 0.6 is 0 Å². The number of aromatic hydroxyl groups is 1. The van der Waals surface area contributed by atoms with Crippen LogP contribution in [0.1, 0.15) is 160 Å². The van der Waals surface area contributed by atoms with E-state index in [1.54, 1.807) is 12.1 Å². The monoisotopic (exact) mass is 1630 g/mol. The summed E-state index contributed by atoms with van der Waals surface area (Å²) in [6.45, 7) is 17.2. The van der Waals surface area contributed by atoms with Crippen LogP contribution in [0.5, 0.6) is 5.75 Å². The van der Waals surface area contributed by atoms with E-state index in [0.29, 0.717) is 63.6 Å². The zero-order chi connectivity index (χ0) is 87.4. The third-order valence-corrected chi connectivity index (χ3v) is 17.4. The molecule has 0 saturated carbocycles. The Morgan fingerprint density at radius 1 is 0.270 bits per heavy atom. The molecule has 0 unspecified atom stereocenters. The van der Waals surface area contributed by atoms with Gasteiger partial charge in [-0.3, -0.25) is 91.1 Å². The van der Waals surface area contributed by atoms with Crippen LogP contribution in [-0.4, -0.2) is 260 Å². The molecule has 646 valence electrons. The number of carbonyl (C=O) groups is 19. The molecule has 1 rings (SSSR count). The zero-order valence-corrected chi connectivity index (χ0v) is 67.8. The van der Waals surface area contributed by atoms with Crippen molar-refractivity contribution in [3.8, 4) is 5.75 Å². The van der Waals surface area contributed by atoms with Crippen LogP contribution in [0.3, 0.4) is 0 Å². The van der Waals surface area contributed by atoms with E-state index in [1.807, 2.05) is 0 Å². The van der Waals surface area contributed by atoms with Crippen LogP contribution in [0, 0.1) is 0 Å². The SMILES string of the molecule is CC(=O)N[C@@H](Cc1ccc(O)cc1)C(=O)NCC(=O)NCC(=O)N[C@@H](CCCCN)C(=O)N[C@@H](C)C(=O)N[C@@H](C)C(=O)N[C@@H](C)C(=O)N[C@@H](C)C(=O)N[C@@H](CCCCN)C(=O)N[C@@H](C)C(=O)N[C@@H](C)C(=O)N[C@@H](C)C(=O)N[C@@H](C)C(=O)N[C@@H](CCCCN)C(=O)N[C@@H](C)C(=O)N[C@@H](C)C(=O)N[C@@H](C)C(=O)N[C@@H](C)C(=O)NCCCN. The van der Waals surface area contributed by atoms with Gasteiger partial charge in [0, 0.05) is 19.9 Å². The standard InChI is InChI=1S/C72H123N23O20/c1-36(57(100)77-32-20-31-76)80-58(101)37(2)81-59(102)38(3)85-65(108)44(9)90-71(114)52(22-15-18-29-74)94-68(111)47(12)88-63(106)42(7)83-61(104)40(5)86-66(109)45(10)91-72(115)53(23-16-19-30-75)95-67(110)46(11)87-62(105)41(6)82-60(103)39(4)84-64(107)43(8)89-70(113)51(21-14-17-28-73)93-56(99)35-78-55(98)34-79-69(112)54(92-48(13)96)33-49-24-26-50(97)27-25-49/h24-27,36-47,51-54,97H,14-23,28-35,73-76H2,1-13H3,(H,77,100)(H,78,98)(H,79,112)(H,80,101)(H,81,102)(H,82,103)(H,83,104)(H,84,107)(H,85,108)(H,86,109)(H,87,105)(H,88,106)(H,89,113)(H,90,114)(H,91,115)(H,92,96)(H,93,99)(H,94,111)(H,95,110)/t36-,37-,38-,39-,40-,41-,42-,43-,44-,45-,46-,47-,51-,52-,53-,54-/m0/s1. The van der Waals surface area contributed by atoms with E-state index in [-0.39, 0.29) is 51.1 Å². The van der Waals surface area contributed by atoms with Gasteiger partial charge in [-0.1, -0.05) is 12.1 Å². The molecule has 19 amide bonds. The summed E-state index contributed by atoms with van der Waals surface area (Å²) in [7, 11) is 0. The molecule has 28 N–H and O–H groups in total. The first-order valence-electron chi connectivity index (χ1n) is 38.2. The van der Waals surface area contributed by atoms with Crippen molar-refractivity contribution in [2.24, 2.45) is 22.9 Å². The van der Waals surface area contributed by atoms with E-state index in [2.05, 4.69) is 101 Å². The van der Waals surface area contributed by atoms with E-state index < -0.39 is 222 Å². The number of phenols is 1. The second-order valence-electron chi connectivity index (χ2n) is 27.9. The largest absolute Gasteiger partial charge is 0.508 e. The average Bonchev–Trinajstić information content (AvgIpc) is 0.884. The maximum Gasteiger partial charge on any atom is 0.243 e. The van der Waals surface area contributed by atoms with Crippen molar-refractivity contribution in [1.82, 2.24) is 101 Å². The Hall–Kier alpha value is -11.2. The topological polar surface area (TPSA) is 677 Å². The van der Waals surface area contributed by atoms with Crippen LogP contribution in [0.4, 0.5) is 0 Å². The summed E-state index contributed by atoms with van der Waals surface area (Å²) in [5.41, 5.74) is 23.0. The smallest absolute Gasteiger partial charge is 0.243 e. The Balaban J connectivity index is 2.84. The number of amides is 19. The van der Waals surface area contributed by atoms with Gasteiger partial charge in [0.15, 0.2) is 0 Å². The average molecular weight is 1630 g/mol. The quantitative estimate of drug-likeness (QED) is 0.0269. The molecule has 0 aliphatic heterocycles. The number of rotatable bonds is 53. The van der Waals surface area contributed by atoms with Crippen LogP contribution in [-0.2, 0) is 97.5 Å². The van der Waals surface area contributed by atoms with Crippen molar-refractivity contribution in [3.05, 3.63) is 29.8 Å². The number of carbonyl (C=O) groups excluding carboxylic acids is 19. The molecule has 0 fully saturated rings. The number of hydrogen-bond donors (Lipinski definition) is 24. The van der Waals surface area contributed by atoms with Crippen molar-refractivity contribution in [2.75, 3.05) is 45.8 Å². The van der Waals surface area contributed by atoms with Crippen molar-refractivity contribution in [3.63, 3.8) is 0 Å². The van der Waals surface area contributed by atoms with Gasteiger partial charge in [0.25, 0.3) is 0 Å². The Morgan fingerprint density at radius 2 is 0.522 bits per heavy atom. The molecule has 1 aromatic rings. The summed E-state index contributed by atoms with van der Waals surface area (Å²) in [6.07, 6.45) is 3.05. The minimum Gasteiger partial charge on any atom is -0.508 e. The van der Waals surface area contributed by atoms with E-state index in [1.165, 1.54) is 102 Å². The van der Waals surface area contributed by atoms with Gasteiger partial charge in [0.2, 0.25) is 112 Å². The lowest BCUT2D eigenvalue weighted by atomic mass is 10.0. The second kappa shape index (κ2) is 53.7. The summed E-state index contributed by atoms with van der Waals surface area (Å²) in [5, 5.41) is 56.3. The number of nitrogens with two attached hydrogens (primary N) is 4. The summed E-state index contributed by atoms with van der Waals surface area (Å²) in [5.74, 6) is -14.8. The molecule has 16 atom stereocenters. The highest BCUT2D eigenvalue weighted by Crippen LogP contribution is 2.13. The molecule has 0 radical (unpaired) electrons. The van der Waals surface area contributed by atoms with Gasteiger partial charge in [-0.05, 0) is 191 Å². The van der Waals surface area contributed by atoms with Gasteiger partial charge >= 0.3 is 0 Å². The predicted molar refractivity (Wildman–Crippen MR) is 418 cm³/mol. The Morgan fingerprint density at radius 3 is 0.800 bits per heavy atom. The second-order valence-corrected chi connectivity index (χ2v) is 27.9. The molecule has 0 aromatic heterocycles. The van der Waals surface area contributed by atoms with Crippen molar-refractivity contribution in [2.45, 2.75) is 257 Å². The fourth-order valence-electron chi connectivity index (χ4n) is 10.2. The fourth-order valence-corrected chi connectivity index (χ4v) is 10.2. The fraction of sp³-hybridized carbons (Fsp3) is 0.653. The Labute approximate surface area is 668 Å². The van der Waals surface area contributed by atoms with Crippen LogP contribution in [0.25, 0.3) is 0 Å². The van der Waals surface area contributed by atoms with Crippen LogP contribution in [0.2, 0.25) is 0 Å². The molecule has 0 saturated heterocycles. The summed E-state index contributed by atoms with van der Waals surface area (Å²) in [6, 6.07) is -14.0. The molecule has 43 nitrogen and oxygen atoms in total. The van der Waals surface area contributed by atoms with Gasteiger partial charge in [-0.25, -0.2) is 0 Å². The zero-order valence-electron chi connectivity index (χ0n) is 67.8. The summed E-state index contributed by atoms with van der Waals surface area (Å²) >= 11 is 0. The molecular formula is C72H123N23O20. The van der Waals surface area contributed by atoms with E-state index in [9.17, 15) is 96.2 Å². The van der Waals surface area contributed by atoms with E-state index in [4.69, 9.17) is 22.9 Å². The maximum atomic E-state index is 13.7. The van der Waals surface area contributed by atoms with Gasteiger partial charge in [0.1, 0.15) is 102 Å². The molecule has 0 aliphatic rings. The highest BCUT2D eigenvalue weighted by atomic mass is 16.3. The lowest BCUT2D eigenvalue weighted by Gasteiger charge is -2.25. The first kappa shape index (κ1) is 102. The molecule has 0 bridgehead atoms. The van der Waals surface area contributed by atoms with E-state index >= 15 is 0 Å². The van der Waals surface area contributed by atoms with Crippen molar-refractivity contribution in [1.29, 1.82) is 0 Å². The Bertz CT molecular complexity index is 3480. The first-order valence-corrected chi connectivity index (χ1v) is 38.2. The molecule has 115 heavy (non-hydrogen) atoms. The highest BCUT2D eigenvalue weighted by Gasteiger charge is 2.34. The normalized spacial score (nSPS) is 15.1. The van der Waals surface area contributed by atoms with E-state index in [0.717, 1.165) is 0 Å². The minimum atomic E-state index is -1.34. The third kappa shape index (κ3) is 40.4. The molecule has 0 heterocycles.